The van der Waals surface area contributed by atoms with Crippen LogP contribution in [0.1, 0.15) is 18.9 Å². The van der Waals surface area contributed by atoms with Crippen LogP contribution >= 0.6 is 0 Å². The van der Waals surface area contributed by atoms with Crippen molar-refractivity contribution in [1.29, 1.82) is 0 Å². The van der Waals surface area contributed by atoms with Crippen LogP contribution in [0.2, 0.25) is 0 Å². The predicted molar refractivity (Wildman–Crippen MR) is 70.9 cm³/mol. The quantitative estimate of drug-likeness (QED) is 0.759. The van der Waals surface area contributed by atoms with Crippen LogP contribution in [0.4, 0.5) is 0 Å². The lowest BCUT2D eigenvalue weighted by Gasteiger charge is -2.23. The fraction of sp³-hybridized carbons (Fsp3) is 0.818. The molecular formula is C11H19N5O3S. The second-order valence-electron chi connectivity index (χ2n) is 5.57. The first-order valence-electron chi connectivity index (χ1n) is 6.74. The molecule has 1 saturated heterocycles. The average Bonchev–Trinajstić information content (AvgIpc) is 2.91. The Hall–Kier alpha value is -1.03. The highest BCUT2D eigenvalue weighted by Crippen LogP contribution is 2.31. The van der Waals surface area contributed by atoms with Crippen molar-refractivity contribution in [2.75, 3.05) is 26.7 Å². The van der Waals surface area contributed by atoms with E-state index in [2.05, 4.69) is 10.3 Å². The number of rotatable bonds is 5. The van der Waals surface area contributed by atoms with Crippen molar-refractivity contribution in [3.8, 4) is 0 Å². The van der Waals surface area contributed by atoms with Gasteiger partial charge in [-0.25, -0.2) is 4.68 Å². The second kappa shape index (κ2) is 5.06. The van der Waals surface area contributed by atoms with E-state index in [1.165, 1.54) is 19.5 Å². The minimum Gasteiger partial charge on any atom is -0.389 e. The fourth-order valence-electron chi connectivity index (χ4n) is 2.53. The molecule has 2 aliphatic rings. The highest BCUT2D eigenvalue weighted by atomic mass is 32.2. The van der Waals surface area contributed by atoms with Crippen molar-refractivity contribution < 1.29 is 13.5 Å². The molecule has 112 valence electrons. The van der Waals surface area contributed by atoms with Crippen LogP contribution in [0, 0.1) is 5.92 Å². The molecule has 20 heavy (non-hydrogen) atoms. The summed E-state index contributed by atoms with van der Waals surface area (Å²) in [7, 11) is -1.91. The molecule has 3 rings (SSSR count). The van der Waals surface area contributed by atoms with Gasteiger partial charge >= 0.3 is 0 Å². The fourth-order valence-corrected chi connectivity index (χ4v) is 4.01. The number of hydrogen-bond acceptors (Lipinski definition) is 5. The first kappa shape index (κ1) is 13.9. The normalized spacial score (nSPS) is 28.4. The van der Waals surface area contributed by atoms with E-state index >= 15 is 0 Å². The van der Waals surface area contributed by atoms with E-state index in [4.69, 9.17) is 0 Å². The number of aliphatic hydroxyl groups excluding tert-OH is 1. The maximum Gasteiger partial charge on any atom is 0.281 e. The molecule has 1 aromatic rings. The molecule has 0 aromatic carbocycles. The van der Waals surface area contributed by atoms with Crippen LogP contribution in [-0.4, -0.2) is 69.9 Å². The summed E-state index contributed by atoms with van der Waals surface area (Å²) in [6, 6.07) is -0.374. The van der Waals surface area contributed by atoms with Crippen molar-refractivity contribution in [2.24, 2.45) is 5.92 Å². The number of nitrogens with zero attached hydrogens (tertiary/aromatic N) is 5. The Morgan fingerprint density at radius 2 is 2.15 bits per heavy atom. The number of aliphatic hydroxyl groups is 1. The Balaban J connectivity index is 1.71. The summed E-state index contributed by atoms with van der Waals surface area (Å²) >= 11 is 0. The van der Waals surface area contributed by atoms with Gasteiger partial charge in [0.1, 0.15) is 0 Å². The Morgan fingerprint density at radius 3 is 2.75 bits per heavy atom. The predicted octanol–water partition coefficient (Wildman–Crippen LogP) is -0.918. The first-order chi connectivity index (χ1) is 9.48. The van der Waals surface area contributed by atoms with Crippen LogP contribution in [0.25, 0.3) is 0 Å². The van der Waals surface area contributed by atoms with Crippen LogP contribution in [0.15, 0.2) is 12.4 Å². The third kappa shape index (κ3) is 2.58. The second-order valence-corrected chi connectivity index (χ2v) is 7.60. The molecule has 1 aliphatic heterocycles. The molecule has 0 unspecified atom stereocenters. The van der Waals surface area contributed by atoms with Gasteiger partial charge in [0.15, 0.2) is 0 Å². The third-order valence-corrected chi connectivity index (χ3v) is 5.83. The van der Waals surface area contributed by atoms with Gasteiger partial charge in [-0.15, -0.1) is 5.10 Å². The topological polar surface area (TPSA) is 91.6 Å². The third-order valence-electron chi connectivity index (χ3n) is 3.94. The summed E-state index contributed by atoms with van der Waals surface area (Å²) in [4.78, 5) is 0. The van der Waals surface area contributed by atoms with Crippen molar-refractivity contribution in [3.63, 3.8) is 0 Å². The molecule has 0 bridgehead atoms. The Kier molecular flexibility index (Phi) is 3.53. The van der Waals surface area contributed by atoms with E-state index in [-0.39, 0.29) is 19.1 Å². The van der Waals surface area contributed by atoms with Crippen LogP contribution in [0.3, 0.4) is 0 Å². The monoisotopic (exact) mass is 301 g/mol. The van der Waals surface area contributed by atoms with E-state index in [0.29, 0.717) is 12.5 Å². The Bertz CT molecular complexity index is 557. The van der Waals surface area contributed by atoms with E-state index < -0.39 is 16.3 Å². The van der Waals surface area contributed by atoms with Crippen molar-refractivity contribution >= 4 is 10.2 Å². The largest absolute Gasteiger partial charge is 0.389 e. The minimum absolute atomic E-state index is 0.0991. The molecule has 0 spiro atoms. The lowest BCUT2D eigenvalue weighted by Crippen LogP contribution is -2.42. The first-order valence-corrected chi connectivity index (χ1v) is 8.13. The average molecular weight is 301 g/mol. The van der Waals surface area contributed by atoms with Crippen molar-refractivity contribution in [3.05, 3.63) is 12.4 Å². The van der Waals surface area contributed by atoms with Gasteiger partial charge in [0, 0.05) is 32.9 Å². The van der Waals surface area contributed by atoms with Gasteiger partial charge < -0.3 is 5.11 Å². The molecular weight excluding hydrogens is 282 g/mol. The van der Waals surface area contributed by atoms with Crippen LogP contribution in [0.5, 0.6) is 0 Å². The standard InChI is InChI=1S/C11H19N5O3S/c1-14(6-9-2-3-9)20(18,19)15-7-10(11(17)8-15)16-5-4-12-13-16/h4-5,9-11,17H,2-3,6-8H2,1H3/t10-,11-/m1/s1. The molecule has 1 saturated carbocycles. The maximum absolute atomic E-state index is 12.5. The molecule has 1 N–H and O–H groups in total. The summed E-state index contributed by atoms with van der Waals surface area (Å²) in [5.74, 6) is 0.494. The van der Waals surface area contributed by atoms with Gasteiger partial charge in [0.05, 0.1) is 18.3 Å². The summed E-state index contributed by atoms with van der Waals surface area (Å²) < 4.78 is 29.1. The molecule has 2 atom stereocenters. The van der Waals surface area contributed by atoms with E-state index in [1.54, 1.807) is 13.2 Å². The van der Waals surface area contributed by atoms with Crippen LogP contribution in [-0.2, 0) is 10.2 Å². The van der Waals surface area contributed by atoms with E-state index in [9.17, 15) is 13.5 Å². The SMILES string of the molecule is CN(CC1CC1)S(=O)(=O)N1C[C@@H](O)[C@H](n2ccnn2)C1. The Morgan fingerprint density at radius 1 is 1.40 bits per heavy atom. The smallest absolute Gasteiger partial charge is 0.281 e. The zero-order valence-corrected chi connectivity index (χ0v) is 12.1. The molecule has 1 aromatic heterocycles. The van der Waals surface area contributed by atoms with Crippen LogP contribution < -0.4 is 0 Å². The highest BCUT2D eigenvalue weighted by Gasteiger charge is 2.41. The summed E-state index contributed by atoms with van der Waals surface area (Å²) in [6.07, 6.45) is 4.59. The zero-order valence-electron chi connectivity index (χ0n) is 11.3. The molecule has 2 heterocycles. The molecule has 0 radical (unpaired) electrons. The van der Waals surface area contributed by atoms with E-state index in [1.807, 2.05) is 0 Å². The molecule has 9 heteroatoms. The Labute approximate surface area is 118 Å². The van der Waals surface area contributed by atoms with Crippen molar-refractivity contribution in [2.45, 2.75) is 25.0 Å². The summed E-state index contributed by atoms with van der Waals surface area (Å²) in [5.41, 5.74) is 0. The maximum atomic E-state index is 12.5. The van der Waals surface area contributed by atoms with Gasteiger partial charge in [0.25, 0.3) is 10.2 Å². The number of hydrogen-bond donors (Lipinski definition) is 1. The molecule has 1 aliphatic carbocycles. The van der Waals surface area contributed by atoms with E-state index in [0.717, 1.165) is 12.8 Å². The van der Waals surface area contributed by atoms with Crippen molar-refractivity contribution in [1.82, 2.24) is 23.6 Å². The molecule has 0 amide bonds. The van der Waals surface area contributed by atoms with Gasteiger partial charge in [0.2, 0.25) is 0 Å². The van der Waals surface area contributed by atoms with Gasteiger partial charge in [-0.05, 0) is 18.8 Å². The molecule has 2 fully saturated rings. The molecule has 8 nitrogen and oxygen atoms in total. The van der Waals surface area contributed by atoms with Gasteiger partial charge in [-0.2, -0.15) is 17.0 Å². The summed E-state index contributed by atoms with van der Waals surface area (Å²) in [5, 5.41) is 17.6. The number of aromatic nitrogens is 3. The minimum atomic E-state index is -3.51. The van der Waals surface area contributed by atoms with Gasteiger partial charge in [-0.1, -0.05) is 5.21 Å². The number of β-amino-alcohol motifs (C(OH)–C–C–N with tert-alkyl or cyclic N) is 1. The van der Waals surface area contributed by atoms with Gasteiger partial charge in [-0.3, -0.25) is 0 Å². The highest BCUT2D eigenvalue weighted by molar-refractivity contribution is 7.86. The summed E-state index contributed by atoms with van der Waals surface area (Å²) in [6.45, 7) is 0.882. The zero-order chi connectivity index (χ0) is 14.3. The lowest BCUT2D eigenvalue weighted by molar-refractivity contribution is 0.141. The lowest BCUT2D eigenvalue weighted by atomic mass is 10.2.